The maximum atomic E-state index is 11.7. The Morgan fingerprint density at radius 1 is 1.23 bits per heavy atom. The van der Waals surface area contributed by atoms with E-state index in [-0.39, 0.29) is 25.2 Å². The van der Waals surface area contributed by atoms with Gasteiger partial charge in [-0.25, -0.2) is 4.79 Å². The molecule has 0 radical (unpaired) electrons. The van der Waals surface area contributed by atoms with Crippen LogP contribution in [0.15, 0.2) is 30.4 Å². The molecule has 0 amide bonds. The monoisotopic (exact) mass is 306 g/mol. The van der Waals surface area contributed by atoms with E-state index in [0.29, 0.717) is 0 Å². The fraction of sp³-hybridized carbons (Fsp3) is 0.412. The molecule has 5 nitrogen and oxygen atoms in total. The number of ether oxygens (including phenoxy) is 2. The Balaban J connectivity index is 2.36. The Bertz CT molecular complexity index is 562. The van der Waals surface area contributed by atoms with Gasteiger partial charge in [0.05, 0.1) is 6.42 Å². The van der Waals surface area contributed by atoms with Crippen LogP contribution in [0.5, 0.6) is 0 Å². The van der Waals surface area contributed by atoms with E-state index >= 15 is 0 Å². The predicted molar refractivity (Wildman–Crippen MR) is 82.4 cm³/mol. The van der Waals surface area contributed by atoms with Gasteiger partial charge in [-0.3, -0.25) is 4.79 Å². The summed E-state index contributed by atoms with van der Waals surface area (Å²) in [6.07, 6.45) is -0.906. The Hall–Kier alpha value is -2.14. The van der Waals surface area contributed by atoms with E-state index in [2.05, 4.69) is 6.58 Å². The molecule has 22 heavy (non-hydrogen) atoms. The van der Waals surface area contributed by atoms with E-state index in [1.54, 1.807) is 0 Å². The largest absolute Gasteiger partial charge is 0.463 e. The van der Waals surface area contributed by atoms with Gasteiger partial charge >= 0.3 is 11.9 Å². The second kappa shape index (κ2) is 8.34. The smallest absolute Gasteiger partial charge is 0.333 e. The Morgan fingerprint density at radius 3 is 2.45 bits per heavy atom. The summed E-state index contributed by atoms with van der Waals surface area (Å²) in [6.45, 7) is 8.41. The third-order valence-electron chi connectivity index (χ3n) is 3.02. The maximum absolute atomic E-state index is 11.7. The molecule has 0 saturated carbocycles. The molecule has 1 rings (SSSR count). The number of rotatable bonds is 7. The molecule has 0 aromatic heterocycles. The van der Waals surface area contributed by atoms with Gasteiger partial charge in [0.15, 0.2) is 0 Å². The van der Waals surface area contributed by atoms with Crippen LogP contribution in [0, 0.1) is 13.8 Å². The normalized spacial score (nSPS) is 11.6. The second-order valence-electron chi connectivity index (χ2n) is 5.32. The lowest BCUT2D eigenvalue weighted by molar-refractivity contribution is -0.149. The first-order chi connectivity index (χ1) is 10.3. The highest BCUT2D eigenvalue weighted by molar-refractivity contribution is 5.86. The summed E-state index contributed by atoms with van der Waals surface area (Å²) >= 11 is 0. The van der Waals surface area contributed by atoms with Crippen LogP contribution in [0.25, 0.3) is 0 Å². The first-order valence-corrected chi connectivity index (χ1v) is 7.02. The van der Waals surface area contributed by atoms with Crippen molar-refractivity contribution >= 4 is 11.9 Å². The number of aliphatic hydroxyl groups excluding tert-OH is 1. The van der Waals surface area contributed by atoms with Crippen LogP contribution in [0.4, 0.5) is 0 Å². The van der Waals surface area contributed by atoms with Crippen molar-refractivity contribution in [3.63, 3.8) is 0 Å². The number of hydrogen-bond donors (Lipinski definition) is 1. The highest BCUT2D eigenvalue weighted by atomic mass is 16.6. The quantitative estimate of drug-likeness (QED) is 0.615. The van der Waals surface area contributed by atoms with Crippen molar-refractivity contribution in [3.8, 4) is 0 Å². The van der Waals surface area contributed by atoms with Gasteiger partial charge in [0.25, 0.3) is 0 Å². The van der Waals surface area contributed by atoms with Gasteiger partial charge in [-0.1, -0.05) is 30.3 Å². The molecule has 0 heterocycles. The van der Waals surface area contributed by atoms with Gasteiger partial charge < -0.3 is 14.6 Å². The van der Waals surface area contributed by atoms with E-state index in [9.17, 15) is 14.7 Å². The summed E-state index contributed by atoms with van der Waals surface area (Å²) in [5, 5.41) is 9.60. The van der Waals surface area contributed by atoms with Gasteiger partial charge in [0, 0.05) is 5.57 Å². The van der Waals surface area contributed by atoms with Crippen molar-refractivity contribution in [2.75, 3.05) is 13.2 Å². The lowest BCUT2D eigenvalue weighted by atomic mass is 10.0. The van der Waals surface area contributed by atoms with Gasteiger partial charge in [-0.15, -0.1) is 0 Å². The van der Waals surface area contributed by atoms with Crippen LogP contribution in [-0.4, -0.2) is 36.4 Å². The van der Waals surface area contributed by atoms with Crippen molar-refractivity contribution in [1.29, 1.82) is 0 Å². The molecule has 1 N–H and O–H groups in total. The second-order valence-corrected chi connectivity index (χ2v) is 5.32. The molecule has 0 bridgehead atoms. The summed E-state index contributed by atoms with van der Waals surface area (Å²) in [6, 6.07) is 5.81. The molecular formula is C17H22O5. The fourth-order valence-electron chi connectivity index (χ4n) is 1.78. The van der Waals surface area contributed by atoms with Crippen LogP contribution in [0.3, 0.4) is 0 Å². The molecule has 0 aliphatic heterocycles. The standard InChI is InChI=1S/C17H22O5/c1-11(2)17(20)22-10-15(18)9-21-16(19)8-14-6-5-12(3)7-13(14)4/h5-7,15,18H,1,8-10H2,2-4H3. The zero-order chi connectivity index (χ0) is 16.7. The van der Waals surface area contributed by atoms with Crippen LogP contribution < -0.4 is 0 Å². The van der Waals surface area contributed by atoms with E-state index in [1.165, 1.54) is 6.92 Å². The van der Waals surface area contributed by atoms with Crippen LogP contribution in [-0.2, 0) is 25.5 Å². The summed E-state index contributed by atoms with van der Waals surface area (Å²) in [5.41, 5.74) is 3.29. The van der Waals surface area contributed by atoms with Gasteiger partial charge in [0.2, 0.25) is 0 Å². The zero-order valence-electron chi connectivity index (χ0n) is 13.2. The predicted octanol–water partition coefficient (Wildman–Crippen LogP) is 1.87. The number of aryl methyl sites for hydroxylation is 2. The third kappa shape index (κ3) is 6.10. The summed E-state index contributed by atoms with van der Waals surface area (Å²) in [4.78, 5) is 22.9. The first kappa shape index (κ1) is 17.9. The van der Waals surface area contributed by atoms with Crippen molar-refractivity contribution in [2.24, 2.45) is 0 Å². The van der Waals surface area contributed by atoms with Gasteiger partial charge in [-0.05, 0) is 31.9 Å². The summed E-state index contributed by atoms with van der Waals surface area (Å²) in [7, 11) is 0. The third-order valence-corrected chi connectivity index (χ3v) is 3.02. The van der Waals surface area contributed by atoms with Gasteiger partial charge in [-0.2, -0.15) is 0 Å². The number of hydrogen-bond acceptors (Lipinski definition) is 5. The fourth-order valence-corrected chi connectivity index (χ4v) is 1.78. The highest BCUT2D eigenvalue weighted by Crippen LogP contribution is 2.11. The molecule has 0 spiro atoms. The lowest BCUT2D eigenvalue weighted by Gasteiger charge is -2.12. The minimum absolute atomic E-state index is 0.143. The topological polar surface area (TPSA) is 72.8 Å². The van der Waals surface area contributed by atoms with Crippen LogP contribution in [0.1, 0.15) is 23.6 Å². The van der Waals surface area contributed by atoms with E-state index < -0.39 is 18.0 Å². The number of esters is 2. The zero-order valence-corrected chi connectivity index (χ0v) is 13.2. The maximum Gasteiger partial charge on any atom is 0.333 e. The van der Waals surface area contributed by atoms with Crippen molar-refractivity contribution in [3.05, 3.63) is 47.0 Å². The minimum atomic E-state index is -1.05. The van der Waals surface area contributed by atoms with Crippen molar-refractivity contribution < 1.29 is 24.2 Å². The number of aliphatic hydroxyl groups is 1. The molecule has 0 fully saturated rings. The molecule has 1 atom stereocenters. The SMILES string of the molecule is C=C(C)C(=O)OCC(O)COC(=O)Cc1ccc(C)cc1C. The number of carbonyl (C=O) groups excluding carboxylic acids is 2. The Morgan fingerprint density at radius 2 is 1.86 bits per heavy atom. The minimum Gasteiger partial charge on any atom is -0.463 e. The molecule has 120 valence electrons. The number of benzene rings is 1. The molecular weight excluding hydrogens is 284 g/mol. The Kier molecular flexibility index (Phi) is 6.79. The van der Waals surface area contributed by atoms with Gasteiger partial charge in [0.1, 0.15) is 19.3 Å². The summed E-state index contributed by atoms with van der Waals surface area (Å²) < 4.78 is 9.75. The molecule has 1 unspecified atom stereocenters. The van der Waals surface area contributed by atoms with E-state index in [1.807, 2.05) is 32.0 Å². The van der Waals surface area contributed by atoms with E-state index in [0.717, 1.165) is 16.7 Å². The molecule has 5 heteroatoms. The average molecular weight is 306 g/mol. The average Bonchev–Trinajstić information content (AvgIpc) is 2.45. The summed E-state index contributed by atoms with van der Waals surface area (Å²) in [5.74, 6) is -1.02. The Labute approximate surface area is 130 Å². The van der Waals surface area contributed by atoms with Crippen molar-refractivity contribution in [2.45, 2.75) is 33.3 Å². The lowest BCUT2D eigenvalue weighted by Crippen LogP contribution is -2.26. The van der Waals surface area contributed by atoms with E-state index in [4.69, 9.17) is 9.47 Å². The molecule has 0 aliphatic rings. The van der Waals surface area contributed by atoms with Crippen LogP contribution >= 0.6 is 0 Å². The number of carbonyl (C=O) groups is 2. The van der Waals surface area contributed by atoms with Crippen LogP contribution in [0.2, 0.25) is 0 Å². The van der Waals surface area contributed by atoms with Crippen molar-refractivity contribution in [1.82, 2.24) is 0 Å². The molecule has 1 aromatic carbocycles. The highest BCUT2D eigenvalue weighted by Gasteiger charge is 2.13. The molecule has 0 saturated heterocycles. The molecule has 0 aliphatic carbocycles. The first-order valence-electron chi connectivity index (χ1n) is 7.02. The molecule has 1 aromatic rings.